The van der Waals surface area contributed by atoms with Crippen LogP contribution in [0.1, 0.15) is 19.4 Å². The summed E-state index contributed by atoms with van der Waals surface area (Å²) in [5.74, 6) is 0. The number of benzene rings is 1. The molecule has 1 heterocycles. The molecule has 0 N–H and O–H groups in total. The van der Waals surface area contributed by atoms with Crippen molar-refractivity contribution in [1.29, 1.82) is 0 Å². The summed E-state index contributed by atoms with van der Waals surface area (Å²) in [6, 6.07) is 10.3. The van der Waals surface area contributed by atoms with Gasteiger partial charge in [-0.15, -0.1) is 0 Å². The Labute approximate surface area is 182 Å². The Morgan fingerprint density at radius 1 is 0.700 bits per heavy atom. The van der Waals surface area contributed by atoms with Crippen LogP contribution in [0.4, 0.5) is 0 Å². The zero-order chi connectivity index (χ0) is 22.1. The largest absolute Gasteiger partial charge is 0.382 e. The van der Waals surface area contributed by atoms with Crippen LogP contribution in [0.3, 0.4) is 0 Å². The summed E-state index contributed by atoms with van der Waals surface area (Å²) in [4.78, 5) is 0. The number of hydrogen-bond donors (Lipinski definition) is 0. The van der Waals surface area contributed by atoms with Crippen molar-refractivity contribution in [2.75, 3.05) is 86.4 Å². The van der Waals surface area contributed by atoms with Crippen LogP contribution in [-0.4, -0.2) is 92.5 Å². The van der Waals surface area contributed by atoms with E-state index in [1.165, 1.54) is 5.56 Å². The fourth-order valence-corrected chi connectivity index (χ4v) is 2.23. The van der Waals surface area contributed by atoms with E-state index in [-0.39, 0.29) is 6.10 Å². The lowest BCUT2D eigenvalue weighted by Gasteiger charge is -2.17. The minimum Gasteiger partial charge on any atom is -0.382 e. The third kappa shape index (κ3) is 20.2. The Kier molecular flexibility index (Phi) is 23.4. The van der Waals surface area contributed by atoms with Gasteiger partial charge < -0.3 is 33.2 Å². The Balaban J connectivity index is 0.000000775. The van der Waals surface area contributed by atoms with Crippen LogP contribution in [0.5, 0.6) is 0 Å². The highest BCUT2D eigenvalue weighted by Crippen LogP contribution is 1.96. The van der Waals surface area contributed by atoms with Crippen molar-refractivity contribution < 1.29 is 33.2 Å². The van der Waals surface area contributed by atoms with Gasteiger partial charge in [-0.2, -0.15) is 0 Å². The van der Waals surface area contributed by atoms with Gasteiger partial charge >= 0.3 is 0 Å². The number of hydrogen-bond acceptors (Lipinski definition) is 7. The molecule has 176 valence electrons. The Morgan fingerprint density at radius 2 is 1.13 bits per heavy atom. The van der Waals surface area contributed by atoms with E-state index in [2.05, 4.69) is 19.1 Å². The third-order valence-corrected chi connectivity index (χ3v) is 3.67. The van der Waals surface area contributed by atoms with Crippen LogP contribution in [0.25, 0.3) is 0 Å². The fraction of sp³-hybridized carbons (Fsp3) is 0.739. The summed E-state index contributed by atoms with van der Waals surface area (Å²) in [5.41, 5.74) is 1.32. The predicted molar refractivity (Wildman–Crippen MR) is 118 cm³/mol. The van der Waals surface area contributed by atoms with Gasteiger partial charge in [-0.05, 0) is 6.92 Å². The summed E-state index contributed by atoms with van der Waals surface area (Å²) in [7, 11) is 1.64. The van der Waals surface area contributed by atoms with Gasteiger partial charge in [0.15, 0.2) is 0 Å². The summed E-state index contributed by atoms with van der Waals surface area (Å²) in [6.45, 7) is 12.6. The Bertz CT molecular complexity index is 413. The van der Waals surface area contributed by atoms with E-state index in [4.69, 9.17) is 33.2 Å². The molecule has 0 bridgehead atoms. The summed E-state index contributed by atoms with van der Waals surface area (Å²) in [5, 5.41) is 0. The first-order valence-corrected chi connectivity index (χ1v) is 10.8. The molecule has 0 amide bonds. The van der Waals surface area contributed by atoms with Gasteiger partial charge in [0.25, 0.3) is 0 Å². The molecule has 0 saturated carbocycles. The van der Waals surface area contributed by atoms with Gasteiger partial charge in [0, 0.05) is 7.11 Å². The number of aryl methyl sites for hydroxylation is 1. The second kappa shape index (κ2) is 24.2. The molecule has 1 aromatic carbocycles. The standard InChI is InChI=1S/C14H28O7.C7H8.C2H6/c1-15-12-14-13-20-9-8-18-5-4-16-2-3-17-6-7-19-10-11-21-14;1-7-5-3-2-4-6-7;1-2/h14H,2-13H2,1H3;2-6H,1H3;1-2H3. The van der Waals surface area contributed by atoms with Gasteiger partial charge in [-0.3, -0.25) is 0 Å². The van der Waals surface area contributed by atoms with Gasteiger partial charge in [0.05, 0.1) is 79.3 Å². The van der Waals surface area contributed by atoms with Crippen molar-refractivity contribution in [3.63, 3.8) is 0 Å². The highest BCUT2D eigenvalue weighted by molar-refractivity contribution is 5.11. The molecule has 0 aliphatic carbocycles. The van der Waals surface area contributed by atoms with Crippen LogP contribution in [0, 0.1) is 6.92 Å². The zero-order valence-electron chi connectivity index (χ0n) is 19.3. The van der Waals surface area contributed by atoms with E-state index in [9.17, 15) is 0 Å². The average molecular weight is 431 g/mol. The molecule has 1 unspecified atom stereocenters. The smallest absolute Gasteiger partial charge is 0.104 e. The predicted octanol–water partition coefficient (Wildman–Crippen LogP) is 3.14. The number of methoxy groups -OCH3 is 1. The molecule has 1 saturated heterocycles. The van der Waals surface area contributed by atoms with Crippen LogP contribution in [-0.2, 0) is 33.2 Å². The van der Waals surface area contributed by atoms with Crippen LogP contribution < -0.4 is 0 Å². The lowest BCUT2D eigenvalue weighted by molar-refractivity contribution is -0.0791. The summed E-state index contributed by atoms with van der Waals surface area (Å²) >= 11 is 0. The van der Waals surface area contributed by atoms with Gasteiger partial charge in [0.1, 0.15) is 6.10 Å². The van der Waals surface area contributed by atoms with E-state index >= 15 is 0 Å². The van der Waals surface area contributed by atoms with Crippen molar-refractivity contribution in [1.82, 2.24) is 0 Å². The Hall–Kier alpha value is -1.06. The molecular weight excluding hydrogens is 388 g/mol. The van der Waals surface area contributed by atoms with E-state index in [0.717, 1.165) is 0 Å². The minimum atomic E-state index is -0.0860. The first-order chi connectivity index (χ1) is 14.8. The molecule has 1 aliphatic rings. The van der Waals surface area contributed by atoms with Crippen LogP contribution in [0.2, 0.25) is 0 Å². The molecule has 0 radical (unpaired) electrons. The lowest BCUT2D eigenvalue weighted by atomic mass is 10.2. The summed E-state index contributed by atoms with van der Waals surface area (Å²) in [6.07, 6.45) is -0.0860. The van der Waals surface area contributed by atoms with Gasteiger partial charge in [0.2, 0.25) is 0 Å². The maximum absolute atomic E-state index is 5.65. The average Bonchev–Trinajstić information content (AvgIpc) is 2.77. The molecule has 2 rings (SSSR count). The summed E-state index contributed by atoms with van der Waals surface area (Å²) < 4.78 is 37.8. The van der Waals surface area contributed by atoms with Crippen molar-refractivity contribution >= 4 is 0 Å². The van der Waals surface area contributed by atoms with Gasteiger partial charge in [-0.25, -0.2) is 0 Å². The maximum atomic E-state index is 5.65. The molecule has 1 aliphatic heterocycles. The second-order valence-electron chi connectivity index (χ2n) is 6.13. The molecule has 0 spiro atoms. The zero-order valence-corrected chi connectivity index (χ0v) is 19.3. The van der Waals surface area contributed by atoms with Crippen LogP contribution >= 0.6 is 0 Å². The Morgan fingerprint density at radius 3 is 1.53 bits per heavy atom. The highest BCUT2D eigenvalue weighted by Gasteiger charge is 2.09. The van der Waals surface area contributed by atoms with Crippen molar-refractivity contribution in [3.8, 4) is 0 Å². The van der Waals surface area contributed by atoms with E-state index in [1.807, 2.05) is 32.0 Å². The molecule has 1 fully saturated rings. The number of ether oxygens (including phenoxy) is 7. The van der Waals surface area contributed by atoms with Crippen molar-refractivity contribution in [2.24, 2.45) is 0 Å². The quantitative estimate of drug-likeness (QED) is 0.714. The van der Waals surface area contributed by atoms with E-state index in [1.54, 1.807) is 7.11 Å². The normalized spacial score (nSPS) is 20.3. The van der Waals surface area contributed by atoms with Crippen molar-refractivity contribution in [3.05, 3.63) is 35.9 Å². The highest BCUT2D eigenvalue weighted by atomic mass is 16.6. The first-order valence-electron chi connectivity index (χ1n) is 10.8. The molecule has 7 heteroatoms. The minimum absolute atomic E-state index is 0.0860. The number of rotatable bonds is 2. The molecule has 0 aromatic heterocycles. The van der Waals surface area contributed by atoms with Crippen molar-refractivity contribution in [2.45, 2.75) is 26.9 Å². The monoisotopic (exact) mass is 430 g/mol. The maximum Gasteiger partial charge on any atom is 0.104 e. The molecule has 7 nitrogen and oxygen atoms in total. The van der Waals surface area contributed by atoms with Crippen LogP contribution in [0.15, 0.2) is 30.3 Å². The van der Waals surface area contributed by atoms with E-state index < -0.39 is 0 Å². The molecule has 1 atom stereocenters. The fourth-order valence-electron chi connectivity index (χ4n) is 2.23. The van der Waals surface area contributed by atoms with E-state index in [0.29, 0.717) is 79.3 Å². The molecule has 1 aromatic rings. The molecular formula is C23H42O7. The topological polar surface area (TPSA) is 64.6 Å². The van der Waals surface area contributed by atoms with Gasteiger partial charge in [-0.1, -0.05) is 49.7 Å². The first kappa shape index (κ1) is 28.9. The SMILES string of the molecule is CC.COCC1COCCOCCOCCOCCOCCO1.Cc1ccccc1. The third-order valence-electron chi connectivity index (χ3n) is 3.67. The second-order valence-corrected chi connectivity index (χ2v) is 6.13. The lowest BCUT2D eigenvalue weighted by Crippen LogP contribution is -2.28. The molecule has 30 heavy (non-hydrogen) atoms.